The van der Waals surface area contributed by atoms with Gasteiger partial charge in [0.05, 0.1) is 25.4 Å². The molecule has 0 aliphatic carbocycles. The number of allylic oxidation sites excluding steroid dienone is 7. The van der Waals surface area contributed by atoms with Crippen LogP contribution in [0.4, 0.5) is 0 Å². The molecule has 0 radical (unpaired) electrons. The van der Waals surface area contributed by atoms with E-state index in [-0.39, 0.29) is 12.5 Å². The number of hydrogen-bond acceptors (Lipinski definition) is 8. The standard InChI is InChI=1S/C46H83NO8/c1-3-5-7-9-11-13-15-17-18-19-20-21-22-24-25-27-29-31-33-35-40(49)39(38-54-46-45(53)44(52)43(51)41(37-48)55-46)47-42(50)36-34-32-30-28-26-23-16-14-12-10-8-6-4-2/h6,8,12,14,23,26,33,35,39-41,43-46,48-49,51-53H,3-5,7,9-11,13,15-22,24-25,27-32,34,36-38H2,1-2H3,(H,47,50)/b8-6-,14-12-,26-23-,35-33+. The lowest BCUT2D eigenvalue weighted by atomic mass is 9.99. The minimum absolute atomic E-state index is 0.201. The van der Waals surface area contributed by atoms with Crippen LogP contribution in [0.2, 0.25) is 0 Å². The normalized spacial score (nSPS) is 21.8. The molecule has 1 saturated heterocycles. The van der Waals surface area contributed by atoms with Gasteiger partial charge in [-0.15, -0.1) is 0 Å². The molecular weight excluding hydrogens is 695 g/mol. The summed E-state index contributed by atoms with van der Waals surface area (Å²) in [5.74, 6) is -0.208. The Balaban J connectivity index is 2.38. The number of amides is 1. The van der Waals surface area contributed by atoms with Crippen LogP contribution in [0, 0.1) is 0 Å². The average Bonchev–Trinajstić information content (AvgIpc) is 3.18. The Kier molecular flexibility index (Phi) is 33.9. The van der Waals surface area contributed by atoms with Crippen molar-refractivity contribution in [2.24, 2.45) is 0 Å². The van der Waals surface area contributed by atoms with Crippen molar-refractivity contribution in [3.05, 3.63) is 48.6 Å². The van der Waals surface area contributed by atoms with Gasteiger partial charge in [-0.3, -0.25) is 4.79 Å². The van der Waals surface area contributed by atoms with Gasteiger partial charge in [-0.25, -0.2) is 0 Å². The summed E-state index contributed by atoms with van der Waals surface area (Å²) in [6, 6.07) is -0.819. The fraction of sp³-hybridized carbons (Fsp3) is 0.804. The number of ether oxygens (including phenoxy) is 2. The summed E-state index contributed by atoms with van der Waals surface area (Å²) < 4.78 is 11.2. The van der Waals surface area contributed by atoms with Crippen molar-refractivity contribution in [2.75, 3.05) is 13.2 Å². The van der Waals surface area contributed by atoms with Crippen LogP contribution in [0.1, 0.15) is 181 Å². The molecule has 55 heavy (non-hydrogen) atoms. The van der Waals surface area contributed by atoms with Crippen LogP contribution in [0.25, 0.3) is 0 Å². The first kappa shape index (κ1) is 51.2. The van der Waals surface area contributed by atoms with Crippen LogP contribution < -0.4 is 5.32 Å². The van der Waals surface area contributed by atoms with E-state index in [0.29, 0.717) is 6.42 Å². The zero-order valence-corrected chi connectivity index (χ0v) is 34.9. The highest BCUT2D eigenvalue weighted by molar-refractivity contribution is 5.76. The van der Waals surface area contributed by atoms with Crippen molar-refractivity contribution in [1.82, 2.24) is 5.32 Å². The minimum atomic E-state index is -1.57. The first-order valence-corrected chi connectivity index (χ1v) is 22.4. The number of hydrogen-bond donors (Lipinski definition) is 6. The van der Waals surface area contributed by atoms with Crippen molar-refractivity contribution in [2.45, 2.75) is 224 Å². The van der Waals surface area contributed by atoms with E-state index >= 15 is 0 Å². The van der Waals surface area contributed by atoms with Crippen molar-refractivity contribution >= 4 is 5.91 Å². The first-order valence-electron chi connectivity index (χ1n) is 22.4. The number of unbranched alkanes of at least 4 members (excludes halogenated alkanes) is 20. The van der Waals surface area contributed by atoms with Crippen LogP contribution >= 0.6 is 0 Å². The molecular formula is C46H83NO8. The van der Waals surface area contributed by atoms with E-state index in [1.165, 1.54) is 96.3 Å². The average molecular weight is 778 g/mol. The van der Waals surface area contributed by atoms with E-state index in [0.717, 1.165) is 64.2 Å². The van der Waals surface area contributed by atoms with Gasteiger partial charge < -0.3 is 40.3 Å². The molecule has 1 aliphatic heterocycles. The van der Waals surface area contributed by atoms with Crippen LogP contribution in [0.5, 0.6) is 0 Å². The van der Waals surface area contributed by atoms with Crippen LogP contribution in [0.3, 0.4) is 0 Å². The van der Waals surface area contributed by atoms with Gasteiger partial charge in [-0.1, -0.05) is 172 Å². The Morgan fingerprint density at radius 2 is 1.13 bits per heavy atom. The summed E-state index contributed by atoms with van der Waals surface area (Å²) in [5.41, 5.74) is 0. The highest BCUT2D eigenvalue weighted by Crippen LogP contribution is 2.22. The summed E-state index contributed by atoms with van der Waals surface area (Å²) in [6.07, 6.45) is 38.7. The van der Waals surface area contributed by atoms with Gasteiger partial charge in [0.2, 0.25) is 5.91 Å². The number of nitrogens with one attached hydrogen (secondary N) is 1. The van der Waals surface area contributed by atoms with E-state index in [9.17, 15) is 30.3 Å². The lowest BCUT2D eigenvalue weighted by molar-refractivity contribution is -0.302. The number of carbonyl (C=O) groups is 1. The third-order valence-corrected chi connectivity index (χ3v) is 10.4. The Bertz CT molecular complexity index is 998. The smallest absolute Gasteiger partial charge is 0.220 e. The quantitative estimate of drug-likeness (QED) is 0.0273. The Hall–Kier alpha value is -1.85. The predicted molar refractivity (Wildman–Crippen MR) is 226 cm³/mol. The van der Waals surface area contributed by atoms with Gasteiger partial charge in [0.15, 0.2) is 6.29 Å². The van der Waals surface area contributed by atoms with Gasteiger partial charge in [0, 0.05) is 6.42 Å². The molecule has 0 aromatic carbocycles. The molecule has 9 heteroatoms. The molecule has 0 aromatic heterocycles. The largest absolute Gasteiger partial charge is 0.394 e. The zero-order chi connectivity index (χ0) is 40.2. The topological polar surface area (TPSA) is 149 Å². The van der Waals surface area contributed by atoms with Crippen molar-refractivity contribution in [1.29, 1.82) is 0 Å². The second-order valence-corrected chi connectivity index (χ2v) is 15.5. The molecule has 0 aromatic rings. The molecule has 0 spiro atoms. The molecule has 1 rings (SSSR count). The second kappa shape index (κ2) is 36.5. The molecule has 7 unspecified atom stereocenters. The van der Waals surface area contributed by atoms with Gasteiger partial charge in [-0.05, 0) is 51.4 Å². The fourth-order valence-corrected chi connectivity index (χ4v) is 6.82. The van der Waals surface area contributed by atoms with E-state index < -0.39 is 49.5 Å². The Morgan fingerprint density at radius 3 is 1.67 bits per heavy atom. The highest BCUT2D eigenvalue weighted by Gasteiger charge is 2.44. The molecule has 9 nitrogen and oxygen atoms in total. The van der Waals surface area contributed by atoms with Gasteiger partial charge in [0.25, 0.3) is 0 Å². The molecule has 1 aliphatic rings. The molecule has 1 amide bonds. The summed E-state index contributed by atoms with van der Waals surface area (Å²) >= 11 is 0. The van der Waals surface area contributed by atoms with E-state index in [2.05, 4.69) is 55.6 Å². The molecule has 1 heterocycles. The number of rotatable bonds is 36. The summed E-state index contributed by atoms with van der Waals surface area (Å²) in [7, 11) is 0. The number of aliphatic hydroxyl groups is 5. The lowest BCUT2D eigenvalue weighted by Gasteiger charge is -2.40. The summed E-state index contributed by atoms with van der Waals surface area (Å²) in [6.45, 7) is 3.63. The maximum absolute atomic E-state index is 12.9. The maximum atomic E-state index is 12.9. The molecule has 320 valence electrons. The molecule has 6 N–H and O–H groups in total. The van der Waals surface area contributed by atoms with Crippen molar-refractivity contribution < 1.29 is 39.8 Å². The summed E-state index contributed by atoms with van der Waals surface area (Å²) in [4.78, 5) is 12.9. The number of carbonyl (C=O) groups excluding carboxylic acids is 1. The van der Waals surface area contributed by atoms with Crippen LogP contribution in [0.15, 0.2) is 48.6 Å². The van der Waals surface area contributed by atoms with Crippen LogP contribution in [-0.4, -0.2) is 87.5 Å². The van der Waals surface area contributed by atoms with E-state index in [4.69, 9.17) is 9.47 Å². The van der Waals surface area contributed by atoms with Crippen molar-refractivity contribution in [3.8, 4) is 0 Å². The minimum Gasteiger partial charge on any atom is -0.394 e. The number of aliphatic hydroxyl groups excluding tert-OH is 5. The molecule has 0 saturated carbocycles. The van der Waals surface area contributed by atoms with E-state index in [1.54, 1.807) is 6.08 Å². The third-order valence-electron chi connectivity index (χ3n) is 10.4. The Labute approximate surface area is 335 Å². The summed E-state index contributed by atoms with van der Waals surface area (Å²) in [5, 5.41) is 54.1. The van der Waals surface area contributed by atoms with E-state index in [1.807, 2.05) is 6.08 Å². The second-order valence-electron chi connectivity index (χ2n) is 15.5. The van der Waals surface area contributed by atoms with Crippen LogP contribution in [-0.2, 0) is 14.3 Å². The molecule has 0 bridgehead atoms. The third kappa shape index (κ3) is 27.4. The molecule has 7 atom stereocenters. The Morgan fingerprint density at radius 1 is 0.636 bits per heavy atom. The predicted octanol–water partition coefficient (Wildman–Crippen LogP) is 9.06. The zero-order valence-electron chi connectivity index (χ0n) is 34.9. The van der Waals surface area contributed by atoms with Crippen molar-refractivity contribution in [3.63, 3.8) is 0 Å². The maximum Gasteiger partial charge on any atom is 0.220 e. The monoisotopic (exact) mass is 778 g/mol. The van der Waals surface area contributed by atoms with Gasteiger partial charge >= 0.3 is 0 Å². The lowest BCUT2D eigenvalue weighted by Crippen LogP contribution is -2.60. The van der Waals surface area contributed by atoms with Gasteiger partial charge in [-0.2, -0.15) is 0 Å². The van der Waals surface area contributed by atoms with Gasteiger partial charge in [0.1, 0.15) is 24.4 Å². The SMILES string of the molecule is CC/C=C\C/C=C\C/C=C\CCCCCC(=O)NC(COC1OC(CO)C(O)C(O)C1O)C(O)/C=C/CCCCCCCCCCCCCCCCCCC. The first-order chi connectivity index (χ1) is 26.8. The molecule has 1 fully saturated rings. The fourth-order valence-electron chi connectivity index (χ4n) is 6.82. The highest BCUT2D eigenvalue weighted by atomic mass is 16.7.